The molecule has 0 fully saturated rings. The number of benzene rings is 7. The second kappa shape index (κ2) is 17.2. The van der Waals surface area contributed by atoms with Gasteiger partial charge in [0.05, 0.1) is 0 Å². The molecular formula is C46H35BCl2Zr-2. The van der Waals surface area contributed by atoms with E-state index >= 15 is 0 Å². The quantitative estimate of drug-likeness (QED) is 0.157. The van der Waals surface area contributed by atoms with Crippen LogP contribution in [0.1, 0.15) is 11.1 Å². The summed E-state index contributed by atoms with van der Waals surface area (Å²) in [5.74, 6) is 0. The van der Waals surface area contributed by atoms with Crippen LogP contribution in [0.3, 0.4) is 0 Å². The van der Waals surface area contributed by atoms with Gasteiger partial charge in [0.25, 0.3) is 0 Å². The van der Waals surface area contributed by atoms with Crippen molar-refractivity contribution in [3.8, 4) is 22.3 Å². The summed E-state index contributed by atoms with van der Waals surface area (Å²) < 4.78 is 2.17. The van der Waals surface area contributed by atoms with Crippen molar-refractivity contribution in [2.24, 2.45) is 0 Å². The van der Waals surface area contributed by atoms with E-state index < -0.39 is 0 Å². The van der Waals surface area contributed by atoms with Crippen LogP contribution in [-0.2, 0) is 24.0 Å². The van der Waals surface area contributed by atoms with Gasteiger partial charge in [-0.3, -0.25) is 0 Å². The van der Waals surface area contributed by atoms with E-state index in [1.165, 1.54) is 106 Å². The molecule has 0 bridgehead atoms. The van der Waals surface area contributed by atoms with E-state index in [9.17, 15) is 0 Å². The van der Waals surface area contributed by atoms with Gasteiger partial charge in [0, 0.05) is 0 Å². The molecule has 0 unspecified atom stereocenters. The summed E-state index contributed by atoms with van der Waals surface area (Å²) in [6.07, 6.45) is 0. The Kier molecular flexibility index (Phi) is 12.7. The van der Waals surface area contributed by atoms with Crippen LogP contribution in [0.4, 0.5) is 0 Å². The number of rotatable bonds is 3. The Hall–Kier alpha value is -4.19. The van der Waals surface area contributed by atoms with Crippen molar-refractivity contribution < 1.29 is 48.8 Å². The molecule has 0 aliphatic rings. The van der Waals surface area contributed by atoms with Crippen LogP contribution in [0.25, 0.3) is 65.3 Å². The van der Waals surface area contributed by atoms with E-state index in [-0.39, 0.29) is 24.8 Å². The second-order valence-electron chi connectivity index (χ2n) is 12.3. The van der Waals surface area contributed by atoms with Crippen LogP contribution in [-0.4, -0.2) is 4.37 Å². The molecule has 0 N–H and O–H groups in total. The Morgan fingerprint density at radius 1 is 0.400 bits per heavy atom. The molecule has 0 atom stereocenters. The van der Waals surface area contributed by atoms with Gasteiger partial charge in [-0.05, 0) is 32.7 Å². The van der Waals surface area contributed by atoms with Crippen LogP contribution >= 0.6 is 0 Å². The topological polar surface area (TPSA) is 0 Å². The average molecular weight is 761 g/mol. The molecule has 0 aromatic heterocycles. The molecule has 0 saturated carbocycles. The van der Waals surface area contributed by atoms with Crippen molar-refractivity contribution in [2.75, 3.05) is 0 Å². The van der Waals surface area contributed by atoms with Gasteiger partial charge in [-0.15, -0.1) is 69.1 Å². The van der Waals surface area contributed by atoms with E-state index in [1.54, 1.807) is 0 Å². The number of fused-ring (bicyclic) bond motifs is 4. The van der Waals surface area contributed by atoms with Crippen molar-refractivity contribution in [3.63, 3.8) is 0 Å². The summed E-state index contributed by atoms with van der Waals surface area (Å²) >= 11 is 1.46. The third-order valence-corrected chi connectivity index (χ3v) is 9.74. The molecule has 0 spiro atoms. The van der Waals surface area contributed by atoms with Gasteiger partial charge in [0.2, 0.25) is 0 Å². The fourth-order valence-corrected chi connectivity index (χ4v) is 7.18. The first-order valence-corrected chi connectivity index (χ1v) is 17.8. The number of hydrogen-bond donors (Lipinski definition) is 0. The standard InChI is InChI=1S/2C20H15.C6H5B.2ClH.Zr/c2*1-14-12-16-8-5-11-19(20(16)13-14)18-10-4-7-15-6-2-3-9-17(15)18;7-6-4-2-1-3-5-6;;;/h2*2-13H,1H3;1-5H;2*1H;/q2*-1;;;;+2/p-2. The van der Waals surface area contributed by atoms with Gasteiger partial charge >= 0.3 is 64.2 Å². The minimum absolute atomic E-state index is 0. The van der Waals surface area contributed by atoms with Crippen molar-refractivity contribution in [2.45, 2.75) is 13.8 Å². The van der Waals surface area contributed by atoms with Crippen molar-refractivity contribution in [1.29, 1.82) is 0 Å². The van der Waals surface area contributed by atoms with Gasteiger partial charge < -0.3 is 24.8 Å². The van der Waals surface area contributed by atoms with Gasteiger partial charge in [0.1, 0.15) is 0 Å². The molecule has 0 radical (unpaired) electrons. The normalized spacial score (nSPS) is 10.3. The molecule has 242 valence electrons. The van der Waals surface area contributed by atoms with Gasteiger partial charge in [-0.1, -0.05) is 122 Å². The molecular weight excluding hydrogens is 725 g/mol. The molecule has 0 amide bonds. The molecule has 0 saturated heterocycles. The Labute approximate surface area is 322 Å². The zero-order chi connectivity index (χ0) is 32.9. The molecule has 4 heteroatoms. The monoisotopic (exact) mass is 758 g/mol. The van der Waals surface area contributed by atoms with Crippen molar-refractivity contribution in [1.82, 2.24) is 0 Å². The van der Waals surface area contributed by atoms with Crippen LogP contribution in [0, 0.1) is 13.8 Å². The molecule has 0 aliphatic carbocycles. The third kappa shape index (κ3) is 8.06. The average Bonchev–Trinajstić information content (AvgIpc) is 3.73. The first-order chi connectivity index (χ1) is 23.6. The SMILES string of the molecule is Cc1cc2c(-c3cccc4ccccc34)cccc2[cH-]1.Cc1cc2c(-c3cccc4ccccc34)cccc2[cH-]1.[Cl-].[Cl-].[Zr+2]=[B]c1ccccc1. The van der Waals surface area contributed by atoms with Gasteiger partial charge in [-0.2, -0.15) is 12.1 Å². The fourth-order valence-electron chi connectivity index (χ4n) is 6.71. The number of hydrogen-bond acceptors (Lipinski definition) is 0. The van der Waals surface area contributed by atoms with Gasteiger partial charge in [-0.25, -0.2) is 0 Å². The Morgan fingerprint density at radius 2 is 0.760 bits per heavy atom. The van der Waals surface area contributed by atoms with Crippen LogP contribution < -0.4 is 30.3 Å². The van der Waals surface area contributed by atoms with Crippen LogP contribution in [0.5, 0.6) is 0 Å². The summed E-state index contributed by atoms with van der Waals surface area (Å²) in [6, 6.07) is 62.8. The summed E-state index contributed by atoms with van der Waals surface area (Å²) in [4.78, 5) is 0. The predicted octanol–water partition coefficient (Wildman–Crippen LogP) is 5.86. The van der Waals surface area contributed by atoms with E-state index in [2.05, 4.69) is 188 Å². The molecule has 50 heavy (non-hydrogen) atoms. The van der Waals surface area contributed by atoms with E-state index in [4.69, 9.17) is 0 Å². The van der Waals surface area contributed by atoms with E-state index in [0.717, 1.165) is 0 Å². The Balaban J connectivity index is 0.000000155. The third-order valence-electron chi connectivity index (χ3n) is 8.92. The second-order valence-corrected chi connectivity index (χ2v) is 13.0. The van der Waals surface area contributed by atoms with Crippen molar-refractivity contribution in [3.05, 3.63) is 187 Å². The summed E-state index contributed by atoms with van der Waals surface area (Å²) in [7, 11) is 0. The minimum atomic E-state index is 0. The summed E-state index contributed by atoms with van der Waals surface area (Å²) in [6.45, 7) is 4.32. The number of halogens is 2. The zero-order valence-corrected chi connectivity index (χ0v) is 32.0. The molecule has 0 nitrogen and oxygen atoms in total. The van der Waals surface area contributed by atoms with E-state index in [0.29, 0.717) is 0 Å². The fraction of sp³-hybridized carbons (Fsp3) is 0.0435. The number of aryl methyl sites for hydroxylation is 2. The van der Waals surface area contributed by atoms with Gasteiger partial charge in [0.15, 0.2) is 0 Å². The molecule has 9 aromatic rings. The molecule has 9 aromatic carbocycles. The molecule has 0 heterocycles. The van der Waals surface area contributed by atoms with Crippen molar-refractivity contribution >= 4 is 52.9 Å². The van der Waals surface area contributed by atoms with Crippen LogP contribution in [0.15, 0.2) is 176 Å². The summed E-state index contributed by atoms with van der Waals surface area (Å²) in [5, 5.41) is 10.6. The predicted molar refractivity (Wildman–Crippen MR) is 206 cm³/mol. The first-order valence-electron chi connectivity index (χ1n) is 16.4. The maximum absolute atomic E-state index is 2.28. The van der Waals surface area contributed by atoms with E-state index in [1.807, 2.05) is 6.07 Å². The molecule has 9 rings (SSSR count). The Bertz CT molecular complexity index is 2340. The Morgan fingerprint density at radius 3 is 1.18 bits per heavy atom. The first kappa shape index (κ1) is 37.1. The zero-order valence-electron chi connectivity index (χ0n) is 28.1. The summed E-state index contributed by atoms with van der Waals surface area (Å²) in [5.41, 5.74) is 9.27. The molecule has 0 aliphatic heterocycles. The maximum atomic E-state index is 2.28. The van der Waals surface area contributed by atoms with Crippen LogP contribution in [0.2, 0.25) is 0 Å².